The first-order valence-corrected chi connectivity index (χ1v) is 13.8. The maximum Gasteiger partial charge on any atom is 0.216 e. The summed E-state index contributed by atoms with van der Waals surface area (Å²) < 4.78 is 29.2. The van der Waals surface area contributed by atoms with E-state index in [1.807, 2.05) is 6.07 Å². The van der Waals surface area contributed by atoms with E-state index < -0.39 is 15.4 Å². The van der Waals surface area contributed by atoms with Gasteiger partial charge < -0.3 is 9.67 Å². The molecule has 32 heavy (non-hydrogen) atoms. The molecule has 3 aromatic rings. The van der Waals surface area contributed by atoms with E-state index in [2.05, 4.69) is 25.3 Å². The number of aromatic nitrogens is 2. The Hall–Kier alpha value is -1.70. The molecule has 0 saturated heterocycles. The highest BCUT2D eigenvalue weighted by Gasteiger charge is 2.28. The first-order valence-electron chi connectivity index (χ1n) is 11.5. The summed E-state index contributed by atoms with van der Waals surface area (Å²) in [7, 11) is -3.68. The van der Waals surface area contributed by atoms with E-state index in [9.17, 15) is 13.5 Å². The molecule has 0 amide bonds. The molecule has 0 atom stereocenters. The molecule has 0 spiro atoms. The first-order chi connectivity index (χ1) is 14.9. The number of hydrogen-bond acceptors (Lipinski definition) is 5. The van der Waals surface area contributed by atoms with E-state index in [0.29, 0.717) is 10.8 Å². The highest BCUT2D eigenvalue weighted by molar-refractivity contribution is 7.93. The van der Waals surface area contributed by atoms with Crippen molar-refractivity contribution < 1.29 is 13.5 Å². The first kappa shape index (κ1) is 23.5. The number of benzene rings is 1. The summed E-state index contributed by atoms with van der Waals surface area (Å²) in [6.45, 7) is 10.7. The maximum atomic E-state index is 13.3. The molecule has 0 radical (unpaired) electrons. The van der Waals surface area contributed by atoms with Gasteiger partial charge in [0.05, 0.1) is 21.5 Å². The molecule has 2 heterocycles. The Balaban J connectivity index is 1.76. The van der Waals surface area contributed by atoms with Crippen LogP contribution in [0.4, 0.5) is 0 Å². The summed E-state index contributed by atoms with van der Waals surface area (Å²) in [5.74, 6) is 1.66. The number of imidazole rings is 1. The quantitative estimate of drug-likeness (QED) is 0.490. The zero-order valence-electron chi connectivity index (χ0n) is 19.7. The average molecular weight is 475 g/mol. The lowest BCUT2D eigenvalue weighted by molar-refractivity contribution is 0.0825. The summed E-state index contributed by atoms with van der Waals surface area (Å²) in [6.07, 6.45) is 6.40. The molecule has 1 N–H and O–H groups in total. The molecule has 1 aliphatic carbocycles. The summed E-state index contributed by atoms with van der Waals surface area (Å²) in [6, 6.07) is 8.59. The van der Waals surface area contributed by atoms with Crippen LogP contribution >= 0.6 is 11.3 Å². The molecule has 0 aliphatic heterocycles. The van der Waals surface area contributed by atoms with E-state index in [0.717, 1.165) is 34.7 Å². The summed E-state index contributed by atoms with van der Waals surface area (Å²) in [5, 5.41) is 10.2. The molecule has 1 aromatic carbocycles. The van der Waals surface area contributed by atoms with Gasteiger partial charge in [0.2, 0.25) is 9.84 Å². The fraction of sp³-hybridized carbons (Fsp3) is 0.560. The zero-order chi connectivity index (χ0) is 23.3. The molecule has 0 bridgehead atoms. The Labute approximate surface area is 195 Å². The van der Waals surface area contributed by atoms with E-state index in [1.54, 1.807) is 38.1 Å². The predicted molar refractivity (Wildman–Crippen MR) is 130 cm³/mol. The highest BCUT2D eigenvalue weighted by Crippen LogP contribution is 2.36. The van der Waals surface area contributed by atoms with Crippen LogP contribution in [0.2, 0.25) is 0 Å². The van der Waals surface area contributed by atoms with Gasteiger partial charge in [-0.3, -0.25) is 0 Å². The van der Waals surface area contributed by atoms with E-state index in [1.165, 1.54) is 32.1 Å². The van der Waals surface area contributed by atoms with Crippen LogP contribution in [0.5, 0.6) is 0 Å². The Morgan fingerprint density at radius 1 is 1.06 bits per heavy atom. The molecule has 0 unspecified atom stereocenters. The highest BCUT2D eigenvalue weighted by atomic mass is 32.2. The third-order valence-corrected chi connectivity index (χ3v) is 9.96. The second-order valence-corrected chi connectivity index (χ2v) is 13.9. The van der Waals surface area contributed by atoms with Gasteiger partial charge in [0, 0.05) is 16.8 Å². The average Bonchev–Trinajstić information content (AvgIpc) is 3.34. The number of fused-ring (bicyclic) bond motifs is 1. The van der Waals surface area contributed by atoms with Gasteiger partial charge in [-0.05, 0) is 62.9 Å². The van der Waals surface area contributed by atoms with Gasteiger partial charge in [-0.25, -0.2) is 13.4 Å². The minimum atomic E-state index is -3.68. The predicted octanol–water partition coefficient (Wildman–Crippen LogP) is 6.04. The third kappa shape index (κ3) is 4.52. The molecule has 1 aliphatic rings. The maximum absolute atomic E-state index is 13.3. The van der Waals surface area contributed by atoms with Crippen LogP contribution in [-0.4, -0.2) is 23.1 Å². The van der Waals surface area contributed by atoms with Crippen molar-refractivity contribution in [3.8, 4) is 0 Å². The van der Waals surface area contributed by atoms with Crippen LogP contribution in [0.25, 0.3) is 11.0 Å². The van der Waals surface area contributed by atoms with Crippen molar-refractivity contribution >= 4 is 32.2 Å². The number of sulfone groups is 1. The number of nitrogens with zero attached hydrogens (tertiary/aromatic N) is 2. The second-order valence-electron chi connectivity index (χ2n) is 10.6. The minimum Gasteiger partial charge on any atom is -0.385 e. The zero-order valence-corrected chi connectivity index (χ0v) is 21.3. The lowest BCUT2D eigenvalue weighted by atomic mass is 9.88. The topological polar surface area (TPSA) is 72.2 Å². The van der Waals surface area contributed by atoms with Crippen molar-refractivity contribution in [1.29, 1.82) is 0 Å². The Kier molecular flexibility index (Phi) is 6.06. The lowest BCUT2D eigenvalue weighted by Gasteiger charge is -2.26. The Bertz CT molecular complexity index is 1220. The van der Waals surface area contributed by atoms with Crippen LogP contribution in [0.15, 0.2) is 39.4 Å². The van der Waals surface area contributed by atoms with E-state index in [-0.39, 0.29) is 14.5 Å². The van der Waals surface area contributed by atoms with E-state index >= 15 is 0 Å². The third-order valence-electron chi connectivity index (χ3n) is 6.32. The van der Waals surface area contributed by atoms with E-state index in [4.69, 9.17) is 4.98 Å². The monoisotopic (exact) mass is 474 g/mol. The van der Waals surface area contributed by atoms with Crippen LogP contribution in [0.1, 0.15) is 77.4 Å². The van der Waals surface area contributed by atoms with Gasteiger partial charge in [-0.1, -0.05) is 40.0 Å². The van der Waals surface area contributed by atoms with Gasteiger partial charge in [0.1, 0.15) is 10.0 Å². The molecule has 174 valence electrons. The standard InChI is InChI=1S/C25H34N2O3S2/c1-24(2,3)23-26-19-15-18(32(29,30)22-14-13-21(31-22)25(4,5)28)11-12-20(19)27(23)16-17-9-7-6-8-10-17/h11-15,17,28H,6-10,16H2,1-5H3. The SMILES string of the molecule is CC(C)(C)c1nc2cc(S(=O)(=O)c3ccc(C(C)(C)O)s3)ccc2n1CC1CCCCC1. The van der Waals surface area contributed by atoms with Gasteiger partial charge in [-0.2, -0.15) is 0 Å². The molecule has 5 nitrogen and oxygen atoms in total. The lowest BCUT2D eigenvalue weighted by Crippen LogP contribution is -2.22. The van der Waals surface area contributed by atoms with Crippen molar-refractivity contribution in [2.45, 2.75) is 93.4 Å². The summed E-state index contributed by atoms with van der Waals surface area (Å²) in [5.41, 5.74) is 0.526. The van der Waals surface area contributed by atoms with Crippen LogP contribution in [0.3, 0.4) is 0 Å². The Morgan fingerprint density at radius 3 is 2.34 bits per heavy atom. The van der Waals surface area contributed by atoms with Crippen LogP contribution < -0.4 is 0 Å². The van der Waals surface area contributed by atoms with Gasteiger partial charge in [-0.15, -0.1) is 11.3 Å². The minimum absolute atomic E-state index is 0.137. The number of thiophene rings is 1. The van der Waals surface area contributed by atoms with Crippen LogP contribution in [0, 0.1) is 5.92 Å². The van der Waals surface area contributed by atoms with Crippen LogP contribution in [-0.2, 0) is 27.4 Å². The van der Waals surface area contributed by atoms with Crippen molar-refractivity contribution in [1.82, 2.24) is 9.55 Å². The van der Waals surface area contributed by atoms with Crippen molar-refractivity contribution in [3.05, 3.63) is 41.0 Å². The van der Waals surface area contributed by atoms with Gasteiger partial charge in [0.25, 0.3) is 0 Å². The van der Waals surface area contributed by atoms with Crippen molar-refractivity contribution in [2.75, 3.05) is 0 Å². The fourth-order valence-corrected chi connectivity index (χ4v) is 7.30. The summed E-state index contributed by atoms with van der Waals surface area (Å²) in [4.78, 5) is 5.80. The smallest absolute Gasteiger partial charge is 0.216 e. The molecular formula is C25H34N2O3S2. The van der Waals surface area contributed by atoms with Gasteiger partial charge in [0.15, 0.2) is 0 Å². The largest absolute Gasteiger partial charge is 0.385 e. The molecule has 1 saturated carbocycles. The van der Waals surface area contributed by atoms with Crippen molar-refractivity contribution in [2.24, 2.45) is 5.92 Å². The molecule has 4 rings (SSSR count). The molecular weight excluding hydrogens is 440 g/mol. The van der Waals surface area contributed by atoms with Crippen molar-refractivity contribution in [3.63, 3.8) is 0 Å². The number of rotatable bonds is 5. The molecule has 2 aromatic heterocycles. The molecule has 1 fully saturated rings. The second kappa shape index (κ2) is 8.26. The molecule has 7 heteroatoms. The number of aliphatic hydroxyl groups is 1. The van der Waals surface area contributed by atoms with Gasteiger partial charge >= 0.3 is 0 Å². The fourth-order valence-electron chi connectivity index (χ4n) is 4.57. The summed E-state index contributed by atoms with van der Waals surface area (Å²) >= 11 is 1.12. The number of hydrogen-bond donors (Lipinski definition) is 1. The normalized spacial score (nSPS) is 16.7. The Morgan fingerprint density at radius 2 is 1.75 bits per heavy atom.